The Balaban J connectivity index is 1.35. The molecule has 1 amide bonds. The topological polar surface area (TPSA) is 125 Å². The summed E-state index contributed by atoms with van der Waals surface area (Å²) >= 11 is 0. The lowest BCUT2D eigenvalue weighted by Crippen LogP contribution is -2.38. The molecule has 0 spiro atoms. The minimum absolute atomic E-state index is 0.0251. The van der Waals surface area contributed by atoms with E-state index in [2.05, 4.69) is 4.98 Å². The number of esters is 1. The van der Waals surface area contributed by atoms with E-state index >= 15 is 0 Å². The van der Waals surface area contributed by atoms with Crippen LogP contribution in [0.4, 0.5) is 11.4 Å². The van der Waals surface area contributed by atoms with Gasteiger partial charge in [0.1, 0.15) is 0 Å². The summed E-state index contributed by atoms with van der Waals surface area (Å²) in [5.41, 5.74) is 1.61. The van der Waals surface area contributed by atoms with Crippen molar-refractivity contribution in [2.45, 2.75) is 25.8 Å². The molecule has 0 radical (unpaired) electrons. The third kappa shape index (κ3) is 4.34. The Labute approximate surface area is 182 Å². The Kier molecular flexibility index (Phi) is 5.93. The van der Waals surface area contributed by atoms with Crippen LogP contribution in [-0.2, 0) is 27.3 Å². The molecule has 164 valence electrons. The van der Waals surface area contributed by atoms with Gasteiger partial charge in [0.05, 0.1) is 28.6 Å². The quantitative estimate of drug-likeness (QED) is 0.330. The number of aryl methyl sites for hydroxylation is 2. The third-order valence-corrected chi connectivity index (χ3v) is 5.34. The van der Waals surface area contributed by atoms with Gasteiger partial charge in [0.15, 0.2) is 6.61 Å². The Morgan fingerprint density at radius 1 is 1.19 bits per heavy atom. The molecular formula is C22H20N4O6. The van der Waals surface area contributed by atoms with Gasteiger partial charge in [-0.1, -0.05) is 12.1 Å². The number of rotatable bonds is 6. The van der Waals surface area contributed by atoms with E-state index in [1.165, 1.54) is 27.9 Å². The van der Waals surface area contributed by atoms with Crippen molar-refractivity contribution in [2.24, 2.45) is 0 Å². The van der Waals surface area contributed by atoms with E-state index in [-0.39, 0.29) is 24.2 Å². The molecule has 1 aliphatic heterocycles. The van der Waals surface area contributed by atoms with Crippen LogP contribution in [0.25, 0.3) is 10.9 Å². The monoisotopic (exact) mass is 436 g/mol. The van der Waals surface area contributed by atoms with Crippen LogP contribution in [0.3, 0.4) is 0 Å². The highest BCUT2D eigenvalue weighted by Gasteiger charge is 2.25. The van der Waals surface area contributed by atoms with Gasteiger partial charge in [0.2, 0.25) is 0 Å². The van der Waals surface area contributed by atoms with Crippen molar-refractivity contribution in [3.63, 3.8) is 0 Å². The summed E-state index contributed by atoms with van der Waals surface area (Å²) in [5.74, 6) is -1.02. The van der Waals surface area contributed by atoms with Crippen LogP contribution in [-0.4, -0.2) is 39.5 Å². The molecule has 10 heteroatoms. The average molecular weight is 436 g/mol. The number of anilines is 1. The second kappa shape index (κ2) is 8.96. The standard InChI is InChI=1S/C22H20N4O6/c27-20(25-10-3-4-15-12-16(26(30)31)7-8-19(15)25)13-32-21(28)9-11-24-14-23-18-6-2-1-5-17(18)22(24)29/h1-2,5-8,12,14H,3-4,9-11,13H2. The van der Waals surface area contributed by atoms with Gasteiger partial charge in [0, 0.05) is 30.9 Å². The molecule has 2 heterocycles. The van der Waals surface area contributed by atoms with Crippen molar-refractivity contribution in [1.82, 2.24) is 9.55 Å². The molecule has 3 aromatic rings. The fourth-order valence-corrected chi connectivity index (χ4v) is 3.73. The Morgan fingerprint density at radius 3 is 2.81 bits per heavy atom. The largest absolute Gasteiger partial charge is 0.455 e. The van der Waals surface area contributed by atoms with Crippen LogP contribution in [0.15, 0.2) is 53.6 Å². The van der Waals surface area contributed by atoms with Crippen LogP contribution in [0, 0.1) is 10.1 Å². The predicted molar refractivity (Wildman–Crippen MR) is 115 cm³/mol. The highest BCUT2D eigenvalue weighted by Crippen LogP contribution is 2.30. The number of para-hydroxylation sites is 1. The summed E-state index contributed by atoms with van der Waals surface area (Å²) < 4.78 is 6.44. The normalized spacial score (nSPS) is 12.9. The molecule has 0 fully saturated rings. The maximum atomic E-state index is 12.6. The van der Waals surface area contributed by atoms with Crippen LogP contribution in [0.1, 0.15) is 18.4 Å². The third-order valence-electron chi connectivity index (χ3n) is 5.34. The number of hydrogen-bond acceptors (Lipinski definition) is 7. The average Bonchev–Trinajstić information content (AvgIpc) is 2.81. The zero-order chi connectivity index (χ0) is 22.7. The number of benzene rings is 2. The van der Waals surface area contributed by atoms with Crippen molar-refractivity contribution in [2.75, 3.05) is 18.1 Å². The molecule has 0 atom stereocenters. The van der Waals surface area contributed by atoms with E-state index in [0.717, 1.165) is 0 Å². The number of carbonyl (C=O) groups excluding carboxylic acids is 2. The van der Waals surface area contributed by atoms with Crippen molar-refractivity contribution < 1.29 is 19.2 Å². The summed E-state index contributed by atoms with van der Waals surface area (Å²) in [4.78, 5) is 53.4. The second-order valence-electron chi connectivity index (χ2n) is 7.39. The first-order valence-corrected chi connectivity index (χ1v) is 10.1. The lowest BCUT2D eigenvalue weighted by atomic mass is 10.0. The van der Waals surface area contributed by atoms with Gasteiger partial charge in [-0.05, 0) is 36.6 Å². The van der Waals surface area contributed by atoms with Gasteiger partial charge in [-0.15, -0.1) is 0 Å². The number of non-ortho nitro benzene ring substituents is 1. The van der Waals surface area contributed by atoms with Crippen molar-refractivity contribution >= 4 is 34.2 Å². The van der Waals surface area contributed by atoms with Crippen LogP contribution in [0.2, 0.25) is 0 Å². The minimum atomic E-state index is -0.612. The number of fused-ring (bicyclic) bond motifs is 2. The fourth-order valence-electron chi connectivity index (χ4n) is 3.73. The number of nitrogens with zero attached hydrogens (tertiary/aromatic N) is 4. The molecule has 0 aliphatic carbocycles. The van der Waals surface area contributed by atoms with Gasteiger partial charge in [0.25, 0.3) is 17.2 Å². The Bertz CT molecular complexity index is 1270. The van der Waals surface area contributed by atoms with E-state index in [0.29, 0.717) is 41.5 Å². The first kappa shape index (κ1) is 21.2. The lowest BCUT2D eigenvalue weighted by molar-refractivity contribution is -0.384. The summed E-state index contributed by atoms with van der Waals surface area (Å²) in [5, 5.41) is 11.4. The molecule has 0 saturated heterocycles. The van der Waals surface area contributed by atoms with Crippen LogP contribution in [0.5, 0.6) is 0 Å². The van der Waals surface area contributed by atoms with E-state index in [1.807, 2.05) is 0 Å². The van der Waals surface area contributed by atoms with Crippen molar-refractivity contribution in [3.05, 3.63) is 74.8 Å². The second-order valence-corrected chi connectivity index (χ2v) is 7.39. The zero-order valence-electron chi connectivity index (χ0n) is 17.1. The number of hydrogen-bond donors (Lipinski definition) is 0. The van der Waals surface area contributed by atoms with E-state index in [1.54, 1.807) is 30.3 Å². The number of ether oxygens (including phenoxy) is 1. The number of amides is 1. The predicted octanol–water partition coefficient (Wildman–Crippen LogP) is 2.22. The lowest BCUT2D eigenvalue weighted by Gasteiger charge is -2.29. The fraction of sp³-hybridized carbons (Fsp3) is 0.273. The Hall–Kier alpha value is -4.08. The van der Waals surface area contributed by atoms with Gasteiger partial charge < -0.3 is 9.64 Å². The molecule has 1 aliphatic rings. The maximum absolute atomic E-state index is 12.6. The molecule has 0 saturated carbocycles. The van der Waals surface area contributed by atoms with E-state index < -0.39 is 23.4 Å². The van der Waals surface area contributed by atoms with Gasteiger partial charge in [-0.3, -0.25) is 29.1 Å². The molecule has 0 bridgehead atoms. The molecule has 4 rings (SSSR count). The first-order valence-electron chi connectivity index (χ1n) is 10.1. The summed E-state index contributed by atoms with van der Waals surface area (Å²) in [6.07, 6.45) is 2.59. The molecule has 10 nitrogen and oxygen atoms in total. The van der Waals surface area contributed by atoms with Crippen molar-refractivity contribution in [1.29, 1.82) is 0 Å². The Morgan fingerprint density at radius 2 is 2.00 bits per heavy atom. The number of carbonyl (C=O) groups is 2. The zero-order valence-corrected chi connectivity index (χ0v) is 17.1. The highest BCUT2D eigenvalue weighted by molar-refractivity contribution is 5.96. The summed E-state index contributed by atoms with van der Waals surface area (Å²) in [6.45, 7) is 0.0827. The van der Waals surface area contributed by atoms with Crippen molar-refractivity contribution in [3.8, 4) is 0 Å². The highest BCUT2D eigenvalue weighted by atomic mass is 16.6. The maximum Gasteiger partial charge on any atom is 0.308 e. The smallest absolute Gasteiger partial charge is 0.308 e. The molecule has 0 N–H and O–H groups in total. The van der Waals surface area contributed by atoms with Gasteiger partial charge in [-0.25, -0.2) is 4.98 Å². The molecule has 32 heavy (non-hydrogen) atoms. The van der Waals surface area contributed by atoms with E-state index in [9.17, 15) is 24.5 Å². The SMILES string of the molecule is O=C(CCn1cnc2ccccc2c1=O)OCC(=O)N1CCCc2cc([N+](=O)[O-])ccc21. The summed E-state index contributed by atoms with van der Waals surface area (Å²) in [7, 11) is 0. The van der Waals surface area contributed by atoms with Gasteiger partial charge in [-0.2, -0.15) is 0 Å². The van der Waals surface area contributed by atoms with E-state index in [4.69, 9.17) is 4.74 Å². The molecule has 2 aromatic carbocycles. The molecule has 0 unspecified atom stereocenters. The number of nitro groups is 1. The van der Waals surface area contributed by atoms with Gasteiger partial charge >= 0.3 is 5.97 Å². The number of nitro benzene ring substituents is 1. The van der Waals surface area contributed by atoms with Crippen LogP contribution >= 0.6 is 0 Å². The number of aromatic nitrogens is 2. The molecular weight excluding hydrogens is 416 g/mol. The molecule has 1 aromatic heterocycles. The summed E-state index contributed by atoms with van der Waals surface area (Å²) in [6, 6.07) is 11.3. The first-order chi connectivity index (χ1) is 15.4. The minimum Gasteiger partial charge on any atom is -0.455 e. The van der Waals surface area contributed by atoms with Crippen LogP contribution < -0.4 is 10.5 Å².